The van der Waals surface area contributed by atoms with Crippen molar-refractivity contribution in [2.24, 2.45) is 5.73 Å². The number of pyridine rings is 1. The average Bonchev–Trinajstić information content (AvgIpc) is 1.94. The van der Waals surface area contributed by atoms with Crippen molar-refractivity contribution in [3.05, 3.63) is 34.7 Å². The quantitative estimate of drug-likeness (QED) is 0.615. The molecule has 0 saturated heterocycles. The summed E-state index contributed by atoms with van der Waals surface area (Å²) in [4.78, 5) is 10.9. The van der Waals surface area contributed by atoms with Gasteiger partial charge < -0.3 is 10.3 Å². The smallest absolute Gasteiger partial charge is 0.250 e. The summed E-state index contributed by atoms with van der Waals surface area (Å²) >= 11 is 0. The van der Waals surface area contributed by atoms with Crippen molar-refractivity contribution in [2.75, 3.05) is 6.54 Å². The maximum Gasteiger partial charge on any atom is 0.250 e. The zero-order valence-corrected chi connectivity index (χ0v) is 5.66. The van der Waals surface area contributed by atoms with Crippen LogP contribution in [0, 0.1) is 0 Å². The van der Waals surface area contributed by atoms with Crippen LogP contribution >= 0.6 is 0 Å². The first-order valence-corrected chi connectivity index (χ1v) is 3.20. The molecule has 1 rings (SSSR count). The van der Waals surface area contributed by atoms with E-state index in [0.717, 1.165) is 0 Å². The Labute approximate surface area is 59.1 Å². The highest BCUT2D eigenvalue weighted by molar-refractivity contribution is 4.92. The van der Waals surface area contributed by atoms with Crippen LogP contribution in [-0.2, 0) is 6.54 Å². The van der Waals surface area contributed by atoms with Gasteiger partial charge in [0.25, 0.3) is 5.56 Å². The normalized spacial score (nSPS) is 9.70. The molecule has 0 aliphatic rings. The largest absolute Gasteiger partial charge is 0.329 e. The Balaban J connectivity index is 2.92. The number of nitrogens with zero attached hydrogens (tertiary/aromatic N) is 1. The van der Waals surface area contributed by atoms with Crippen molar-refractivity contribution in [1.29, 1.82) is 0 Å². The van der Waals surface area contributed by atoms with Crippen LogP contribution in [0.4, 0.5) is 0 Å². The lowest BCUT2D eigenvalue weighted by molar-refractivity contribution is 0.681. The fraction of sp³-hybridized carbons (Fsp3) is 0.286. The van der Waals surface area contributed by atoms with E-state index in [1.807, 2.05) is 6.07 Å². The molecule has 0 aliphatic carbocycles. The van der Waals surface area contributed by atoms with Crippen molar-refractivity contribution < 1.29 is 0 Å². The highest BCUT2D eigenvalue weighted by Crippen LogP contribution is 1.78. The third-order valence-corrected chi connectivity index (χ3v) is 1.27. The van der Waals surface area contributed by atoms with Gasteiger partial charge in [0.15, 0.2) is 0 Å². The first kappa shape index (κ1) is 7.02. The van der Waals surface area contributed by atoms with Crippen molar-refractivity contribution in [3.8, 4) is 0 Å². The minimum Gasteiger partial charge on any atom is -0.329 e. The highest BCUT2D eigenvalue weighted by Gasteiger charge is 1.88. The van der Waals surface area contributed by atoms with Crippen molar-refractivity contribution in [3.63, 3.8) is 0 Å². The molecule has 0 spiro atoms. The summed E-state index contributed by atoms with van der Waals surface area (Å²) in [6.45, 7) is 1.10. The zero-order valence-electron chi connectivity index (χ0n) is 5.66. The van der Waals surface area contributed by atoms with Gasteiger partial charge in [-0.05, 0) is 6.07 Å². The zero-order chi connectivity index (χ0) is 7.40. The fourth-order valence-electron chi connectivity index (χ4n) is 0.784. The van der Waals surface area contributed by atoms with Crippen molar-refractivity contribution >= 4 is 0 Å². The second kappa shape index (κ2) is 3.17. The number of hydrogen-bond donors (Lipinski definition) is 1. The van der Waals surface area contributed by atoms with Gasteiger partial charge in [0.2, 0.25) is 0 Å². The molecule has 0 fully saturated rings. The van der Waals surface area contributed by atoms with E-state index in [1.165, 1.54) is 6.07 Å². The number of hydrogen-bond acceptors (Lipinski definition) is 2. The molecule has 0 atom stereocenters. The second-order valence-corrected chi connectivity index (χ2v) is 2.02. The van der Waals surface area contributed by atoms with E-state index in [1.54, 1.807) is 16.8 Å². The first-order chi connectivity index (χ1) is 4.84. The molecule has 2 N–H and O–H groups in total. The Kier molecular flexibility index (Phi) is 2.23. The summed E-state index contributed by atoms with van der Waals surface area (Å²) in [7, 11) is 0. The Morgan fingerprint density at radius 1 is 1.50 bits per heavy atom. The van der Waals surface area contributed by atoms with Crippen molar-refractivity contribution in [1.82, 2.24) is 4.57 Å². The number of nitrogens with two attached hydrogens (primary N) is 1. The minimum absolute atomic E-state index is 0.00736. The van der Waals surface area contributed by atoms with E-state index in [0.29, 0.717) is 13.1 Å². The topological polar surface area (TPSA) is 48.0 Å². The van der Waals surface area contributed by atoms with Gasteiger partial charge in [-0.25, -0.2) is 0 Å². The van der Waals surface area contributed by atoms with Gasteiger partial charge in [-0.2, -0.15) is 0 Å². The van der Waals surface area contributed by atoms with E-state index in [9.17, 15) is 4.79 Å². The van der Waals surface area contributed by atoms with Gasteiger partial charge >= 0.3 is 0 Å². The molecular weight excluding hydrogens is 128 g/mol. The summed E-state index contributed by atoms with van der Waals surface area (Å²) in [6.07, 6.45) is 1.73. The van der Waals surface area contributed by atoms with Crippen LogP contribution in [0.2, 0.25) is 0 Å². The number of rotatable bonds is 2. The predicted octanol–water partition coefficient (Wildman–Crippen LogP) is -0.193. The monoisotopic (exact) mass is 138 g/mol. The molecule has 0 saturated carbocycles. The lowest BCUT2D eigenvalue weighted by Gasteiger charge is -1.99. The van der Waals surface area contributed by atoms with Crippen LogP contribution < -0.4 is 11.3 Å². The maximum atomic E-state index is 10.9. The molecule has 0 radical (unpaired) electrons. The molecule has 1 aromatic heterocycles. The lowest BCUT2D eigenvalue weighted by atomic mass is 10.4. The molecule has 3 nitrogen and oxygen atoms in total. The van der Waals surface area contributed by atoms with Crippen LogP contribution in [0.15, 0.2) is 29.2 Å². The molecule has 0 aliphatic heterocycles. The van der Waals surface area contributed by atoms with E-state index >= 15 is 0 Å². The Bertz CT molecular complexity index is 254. The molecule has 0 bridgehead atoms. The van der Waals surface area contributed by atoms with Gasteiger partial charge in [0.1, 0.15) is 0 Å². The molecule has 0 amide bonds. The minimum atomic E-state index is 0.00736. The molecular formula is C7H10N2O. The fourth-order valence-corrected chi connectivity index (χ4v) is 0.784. The van der Waals surface area contributed by atoms with Gasteiger partial charge in [-0.1, -0.05) is 6.07 Å². The van der Waals surface area contributed by atoms with Gasteiger partial charge in [-0.3, -0.25) is 4.79 Å². The van der Waals surface area contributed by atoms with Crippen molar-refractivity contribution in [2.45, 2.75) is 6.54 Å². The lowest BCUT2D eigenvalue weighted by Crippen LogP contribution is -2.21. The number of aromatic nitrogens is 1. The summed E-state index contributed by atoms with van der Waals surface area (Å²) in [6, 6.07) is 5.06. The van der Waals surface area contributed by atoms with Crippen LogP contribution in [0.5, 0.6) is 0 Å². The van der Waals surface area contributed by atoms with Gasteiger partial charge in [0.05, 0.1) is 0 Å². The van der Waals surface area contributed by atoms with Crippen LogP contribution in [0.3, 0.4) is 0 Å². The summed E-state index contributed by atoms with van der Waals surface area (Å²) in [5.41, 5.74) is 5.28. The molecule has 0 unspecified atom stereocenters. The van der Waals surface area contributed by atoms with E-state index < -0.39 is 0 Å². The van der Waals surface area contributed by atoms with E-state index in [-0.39, 0.29) is 5.56 Å². The molecule has 1 heterocycles. The molecule has 3 heteroatoms. The maximum absolute atomic E-state index is 10.9. The van der Waals surface area contributed by atoms with E-state index in [4.69, 9.17) is 5.73 Å². The Hall–Kier alpha value is -1.09. The van der Waals surface area contributed by atoms with Gasteiger partial charge in [0, 0.05) is 25.4 Å². The van der Waals surface area contributed by atoms with Gasteiger partial charge in [-0.15, -0.1) is 0 Å². The van der Waals surface area contributed by atoms with Crippen LogP contribution in [-0.4, -0.2) is 11.1 Å². The second-order valence-electron chi connectivity index (χ2n) is 2.02. The first-order valence-electron chi connectivity index (χ1n) is 3.20. The SMILES string of the molecule is NCCn1ccccc1=O. The molecule has 54 valence electrons. The third kappa shape index (κ3) is 1.45. The summed E-state index contributed by atoms with van der Waals surface area (Å²) in [5.74, 6) is 0. The molecule has 0 aromatic carbocycles. The highest BCUT2D eigenvalue weighted by atomic mass is 16.1. The molecule has 10 heavy (non-hydrogen) atoms. The average molecular weight is 138 g/mol. The Morgan fingerprint density at radius 3 is 2.90 bits per heavy atom. The van der Waals surface area contributed by atoms with E-state index in [2.05, 4.69) is 0 Å². The molecule has 1 aromatic rings. The van der Waals surface area contributed by atoms with Crippen LogP contribution in [0.25, 0.3) is 0 Å². The Morgan fingerprint density at radius 2 is 2.30 bits per heavy atom. The van der Waals surface area contributed by atoms with Crippen LogP contribution in [0.1, 0.15) is 0 Å². The summed E-state index contributed by atoms with van der Waals surface area (Å²) in [5, 5.41) is 0. The predicted molar refractivity (Wildman–Crippen MR) is 39.8 cm³/mol. The standard InChI is InChI=1S/C7H10N2O/c8-4-6-9-5-2-1-3-7(9)10/h1-3,5H,4,6,8H2. The third-order valence-electron chi connectivity index (χ3n) is 1.27. The summed E-state index contributed by atoms with van der Waals surface area (Å²) < 4.78 is 1.58.